The predicted molar refractivity (Wildman–Crippen MR) is 75.3 cm³/mol. The number of nitro groups is 1. The van der Waals surface area contributed by atoms with Crippen LogP contribution < -0.4 is 5.32 Å². The highest BCUT2D eigenvalue weighted by Crippen LogP contribution is 2.24. The van der Waals surface area contributed by atoms with Crippen molar-refractivity contribution in [3.63, 3.8) is 0 Å². The molecule has 0 spiro atoms. The first kappa shape index (κ1) is 13.3. The second-order valence-electron chi connectivity index (χ2n) is 5.78. The second-order valence-corrected chi connectivity index (χ2v) is 5.78. The van der Waals surface area contributed by atoms with E-state index in [9.17, 15) is 10.1 Å². The van der Waals surface area contributed by atoms with Gasteiger partial charge in [-0.25, -0.2) is 4.98 Å². The van der Waals surface area contributed by atoms with E-state index < -0.39 is 4.92 Å². The standard InChI is InChI=1S/C13H18N4O2/c1-8(13(2,3)4)14-12-15-10-6-5-9(17(18)19)7-11(10)16-12/h5-8H,1-4H3,(H2,14,15,16). The minimum atomic E-state index is -0.412. The minimum Gasteiger partial charge on any atom is -0.353 e. The van der Waals surface area contributed by atoms with Crippen LogP contribution in [0.15, 0.2) is 18.2 Å². The Morgan fingerprint density at radius 1 is 1.42 bits per heavy atom. The zero-order valence-corrected chi connectivity index (χ0v) is 11.5. The number of anilines is 1. The molecule has 0 aliphatic carbocycles. The molecular formula is C13H18N4O2. The molecule has 1 heterocycles. The van der Waals surface area contributed by atoms with Gasteiger partial charge in [-0.1, -0.05) is 20.8 Å². The SMILES string of the molecule is CC(Nc1nc2ccc([N+](=O)[O-])cc2[nH]1)C(C)(C)C. The molecule has 1 atom stereocenters. The molecule has 0 saturated carbocycles. The summed E-state index contributed by atoms with van der Waals surface area (Å²) in [6.45, 7) is 8.49. The summed E-state index contributed by atoms with van der Waals surface area (Å²) in [5.74, 6) is 0.637. The van der Waals surface area contributed by atoms with Crippen molar-refractivity contribution in [3.8, 4) is 0 Å². The number of non-ortho nitro benzene ring substituents is 1. The molecule has 0 amide bonds. The van der Waals surface area contributed by atoms with Crippen molar-refractivity contribution in [2.45, 2.75) is 33.7 Å². The van der Waals surface area contributed by atoms with E-state index in [-0.39, 0.29) is 17.1 Å². The summed E-state index contributed by atoms with van der Waals surface area (Å²) in [6, 6.07) is 4.83. The molecule has 0 bridgehead atoms. The summed E-state index contributed by atoms with van der Waals surface area (Å²) in [7, 11) is 0. The number of benzene rings is 1. The molecule has 1 aromatic heterocycles. The summed E-state index contributed by atoms with van der Waals surface area (Å²) in [6.07, 6.45) is 0. The quantitative estimate of drug-likeness (QED) is 0.656. The van der Waals surface area contributed by atoms with Crippen molar-refractivity contribution in [2.24, 2.45) is 5.41 Å². The number of H-pyrrole nitrogens is 1. The maximum Gasteiger partial charge on any atom is 0.271 e. The van der Waals surface area contributed by atoms with E-state index in [1.54, 1.807) is 6.07 Å². The molecule has 102 valence electrons. The summed E-state index contributed by atoms with van der Waals surface area (Å²) in [5.41, 5.74) is 1.55. The van der Waals surface area contributed by atoms with E-state index in [0.29, 0.717) is 17.0 Å². The van der Waals surface area contributed by atoms with Gasteiger partial charge < -0.3 is 10.3 Å². The van der Waals surface area contributed by atoms with Gasteiger partial charge >= 0.3 is 0 Å². The van der Waals surface area contributed by atoms with E-state index >= 15 is 0 Å². The first-order valence-electron chi connectivity index (χ1n) is 6.18. The Balaban J connectivity index is 2.29. The Kier molecular flexibility index (Phi) is 3.18. The fourth-order valence-electron chi connectivity index (χ4n) is 1.60. The van der Waals surface area contributed by atoms with Gasteiger partial charge in [0.25, 0.3) is 5.69 Å². The number of nitrogens with one attached hydrogen (secondary N) is 2. The van der Waals surface area contributed by atoms with Gasteiger partial charge in [0.15, 0.2) is 0 Å². The predicted octanol–water partition coefficient (Wildman–Crippen LogP) is 3.32. The number of imidazole rings is 1. The molecule has 6 heteroatoms. The van der Waals surface area contributed by atoms with E-state index in [0.717, 1.165) is 0 Å². The van der Waals surface area contributed by atoms with Crippen molar-refractivity contribution < 1.29 is 4.92 Å². The highest BCUT2D eigenvalue weighted by atomic mass is 16.6. The number of fused-ring (bicyclic) bond motifs is 1. The smallest absolute Gasteiger partial charge is 0.271 e. The second kappa shape index (κ2) is 4.53. The van der Waals surface area contributed by atoms with Crippen molar-refractivity contribution in [1.29, 1.82) is 0 Å². The first-order valence-corrected chi connectivity index (χ1v) is 6.18. The average Bonchev–Trinajstić information content (AvgIpc) is 2.68. The van der Waals surface area contributed by atoms with Crippen LogP contribution in [0.4, 0.5) is 11.6 Å². The first-order chi connectivity index (χ1) is 8.77. The average molecular weight is 262 g/mol. The Labute approximate surface area is 111 Å². The number of nitrogens with zero attached hydrogens (tertiary/aromatic N) is 2. The molecule has 0 radical (unpaired) electrons. The number of hydrogen-bond acceptors (Lipinski definition) is 4. The van der Waals surface area contributed by atoms with Gasteiger partial charge in [0, 0.05) is 18.2 Å². The van der Waals surface area contributed by atoms with Crippen LogP contribution in [0.3, 0.4) is 0 Å². The molecule has 2 N–H and O–H groups in total. The van der Waals surface area contributed by atoms with Crippen molar-refractivity contribution in [3.05, 3.63) is 28.3 Å². The summed E-state index contributed by atoms with van der Waals surface area (Å²) >= 11 is 0. The highest BCUT2D eigenvalue weighted by Gasteiger charge is 2.20. The van der Waals surface area contributed by atoms with Gasteiger partial charge in [0.05, 0.1) is 16.0 Å². The zero-order chi connectivity index (χ0) is 14.2. The number of hydrogen-bond donors (Lipinski definition) is 2. The highest BCUT2D eigenvalue weighted by molar-refractivity contribution is 5.79. The molecule has 0 aliphatic rings. The Morgan fingerprint density at radius 2 is 2.11 bits per heavy atom. The maximum absolute atomic E-state index is 10.7. The molecule has 6 nitrogen and oxygen atoms in total. The Bertz CT molecular complexity index is 613. The van der Waals surface area contributed by atoms with Crippen molar-refractivity contribution in [2.75, 3.05) is 5.32 Å². The molecule has 0 fully saturated rings. The molecule has 2 rings (SSSR count). The van der Waals surface area contributed by atoms with Crippen LogP contribution in [0.25, 0.3) is 11.0 Å². The lowest BCUT2D eigenvalue weighted by Crippen LogP contribution is -2.31. The molecule has 2 aromatic rings. The monoisotopic (exact) mass is 262 g/mol. The number of rotatable bonds is 3. The van der Waals surface area contributed by atoms with Gasteiger partial charge in [-0.2, -0.15) is 0 Å². The van der Waals surface area contributed by atoms with Crippen LogP contribution in [0, 0.1) is 15.5 Å². The molecule has 0 aliphatic heterocycles. The van der Waals surface area contributed by atoms with Crippen LogP contribution in [-0.2, 0) is 0 Å². The van der Waals surface area contributed by atoms with Crippen molar-refractivity contribution in [1.82, 2.24) is 9.97 Å². The third-order valence-corrected chi connectivity index (χ3v) is 3.33. The van der Waals surface area contributed by atoms with Gasteiger partial charge in [0.1, 0.15) is 0 Å². The third kappa shape index (κ3) is 2.83. The zero-order valence-electron chi connectivity index (χ0n) is 11.5. The van der Waals surface area contributed by atoms with Gasteiger partial charge in [-0.3, -0.25) is 10.1 Å². The lowest BCUT2D eigenvalue weighted by Gasteiger charge is -2.27. The largest absolute Gasteiger partial charge is 0.353 e. The summed E-state index contributed by atoms with van der Waals surface area (Å²) in [4.78, 5) is 17.7. The van der Waals surface area contributed by atoms with Gasteiger partial charge in [0.2, 0.25) is 5.95 Å². The van der Waals surface area contributed by atoms with Crippen LogP contribution in [0.5, 0.6) is 0 Å². The van der Waals surface area contributed by atoms with E-state index in [1.807, 2.05) is 0 Å². The van der Waals surface area contributed by atoms with Crippen LogP contribution >= 0.6 is 0 Å². The maximum atomic E-state index is 10.7. The van der Waals surface area contributed by atoms with Crippen LogP contribution in [0.2, 0.25) is 0 Å². The Hall–Kier alpha value is -2.11. The van der Waals surface area contributed by atoms with Crippen LogP contribution in [0.1, 0.15) is 27.7 Å². The number of aromatic amines is 1. The molecule has 1 aromatic carbocycles. The molecule has 1 unspecified atom stereocenters. The van der Waals surface area contributed by atoms with E-state index in [1.165, 1.54) is 12.1 Å². The van der Waals surface area contributed by atoms with Crippen LogP contribution in [-0.4, -0.2) is 20.9 Å². The normalized spacial score (nSPS) is 13.5. The van der Waals surface area contributed by atoms with Gasteiger partial charge in [-0.05, 0) is 18.4 Å². The molecular weight excluding hydrogens is 244 g/mol. The number of nitro benzene ring substituents is 1. The minimum absolute atomic E-state index is 0.0616. The topological polar surface area (TPSA) is 83.8 Å². The van der Waals surface area contributed by atoms with E-state index in [4.69, 9.17) is 0 Å². The fourth-order valence-corrected chi connectivity index (χ4v) is 1.60. The Morgan fingerprint density at radius 3 is 2.68 bits per heavy atom. The molecule has 19 heavy (non-hydrogen) atoms. The molecule has 0 saturated heterocycles. The fraction of sp³-hybridized carbons (Fsp3) is 0.462. The summed E-state index contributed by atoms with van der Waals surface area (Å²) < 4.78 is 0. The third-order valence-electron chi connectivity index (χ3n) is 3.33. The van der Waals surface area contributed by atoms with E-state index in [2.05, 4.69) is 43.0 Å². The lowest BCUT2D eigenvalue weighted by atomic mass is 9.88. The lowest BCUT2D eigenvalue weighted by molar-refractivity contribution is -0.384. The number of aromatic nitrogens is 2. The van der Waals surface area contributed by atoms with Gasteiger partial charge in [-0.15, -0.1) is 0 Å². The van der Waals surface area contributed by atoms with Crippen molar-refractivity contribution >= 4 is 22.7 Å². The summed E-state index contributed by atoms with van der Waals surface area (Å²) in [5, 5.41) is 14.0.